The predicted molar refractivity (Wildman–Crippen MR) is 73.1 cm³/mol. The third-order valence-corrected chi connectivity index (χ3v) is 2.95. The van der Waals surface area contributed by atoms with E-state index in [4.69, 9.17) is 0 Å². The van der Waals surface area contributed by atoms with Gasteiger partial charge in [0, 0.05) is 11.8 Å². The molecule has 2 aromatic rings. The molecule has 0 spiro atoms. The molecule has 0 saturated heterocycles. The molecule has 1 aromatic heterocycles. The molecule has 0 aliphatic rings. The minimum absolute atomic E-state index is 0.0498. The molecular weight excluding hydrogens is 220 g/mol. The summed E-state index contributed by atoms with van der Waals surface area (Å²) in [6.07, 6.45) is 1.74. The first-order valence-corrected chi connectivity index (χ1v) is 5.98. The maximum absolute atomic E-state index is 9.29. The van der Waals surface area contributed by atoms with E-state index in [0.717, 1.165) is 11.3 Å². The van der Waals surface area contributed by atoms with E-state index in [2.05, 4.69) is 37.9 Å². The lowest BCUT2D eigenvalue weighted by Gasteiger charge is -2.19. The van der Waals surface area contributed by atoms with Gasteiger partial charge in [0.1, 0.15) is 0 Å². The van der Waals surface area contributed by atoms with Crippen LogP contribution in [0.4, 0.5) is 0 Å². The standard InChI is InChI=1S/C16H16N2/c1-16(2,3)13-7-8-14(12(10-13)11-17)15-6-4-5-9-18-15/h4-10H,1-3H3. The SMILES string of the molecule is CC(C)(C)c1ccc(-c2ccccn2)c(C#N)c1. The molecule has 0 aliphatic carbocycles. The fourth-order valence-electron chi connectivity index (χ4n) is 1.85. The van der Waals surface area contributed by atoms with E-state index >= 15 is 0 Å². The molecule has 18 heavy (non-hydrogen) atoms. The number of hydrogen-bond acceptors (Lipinski definition) is 2. The van der Waals surface area contributed by atoms with E-state index in [1.54, 1.807) is 6.20 Å². The lowest BCUT2D eigenvalue weighted by atomic mass is 9.85. The van der Waals surface area contributed by atoms with Crippen molar-refractivity contribution < 1.29 is 0 Å². The van der Waals surface area contributed by atoms with E-state index in [0.29, 0.717) is 5.56 Å². The maximum atomic E-state index is 9.29. The number of nitrogens with zero attached hydrogens (tertiary/aromatic N) is 2. The van der Waals surface area contributed by atoms with Crippen molar-refractivity contribution in [3.05, 3.63) is 53.7 Å². The largest absolute Gasteiger partial charge is 0.256 e. The van der Waals surface area contributed by atoms with Crippen LogP contribution in [-0.4, -0.2) is 4.98 Å². The summed E-state index contributed by atoms with van der Waals surface area (Å²) >= 11 is 0. The lowest BCUT2D eigenvalue weighted by molar-refractivity contribution is 0.590. The third-order valence-electron chi connectivity index (χ3n) is 2.95. The molecule has 0 saturated carbocycles. The molecule has 0 N–H and O–H groups in total. The van der Waals surface area contributed by atoms with Gasteiger partial charge in [0.2, 0.25) is 0 Å². The summed E-state index contributed by atoms with van der Waals surface area (Å²) in [7, 11) is 0. The van der Waals surface area contributed by atoms with Crippen LogP contribution in [0.5, 0.6) is 0 Å². The molecule has 2 heteroatoms. The fraction of sp³-hybridized carbons (Fsp3) is 0.250. The summed E-state index contributed by atoms with van der Waals surface area (Å²) < 4.78 is 0. The lowest BCUT2D eigenvalue weighted by Crippen LogP contribution is -2.11. The minimum Gasteiger partial charge on any atom is -0.256 e. The molecule has 0 unspecified atom stereocenters. The highest BCUT2D eigenvalue weighted by molar-refractivity contribution is 5.68. The maximum Gasteiger partial charge on any atom is 0.0998 e. The van der Waals surface area contributed by atoms with Gasteiger partial charge in [-0.1, -0.05) is 39.0 Å². The first-order valence-electron chi connectivity index (χ1n) is 5.98. The molecule has 0 bridgehead atoms. The molecule has 0 aliphatic heterocycles. The van der Waals surface area contributed by atoms with Crippen molar-refractivity contribution in [2.24, 2.45) is 0 Å². The zero-order valence-electron chi connectivity index (χ0n) is 10.9. The van der Waals surface area contributed by atoms with Gasteiger partial charge in [-0.05, 0) is 29.2 Å². The highest BCUT2D eigenvalue weighted by Crippen LogP contribution is 2.28. The molecule has 90 valence electrons. The number of aromatic nitrogens is 1. The second kappa shape index (κ2) is 4.62. The monoisotopic (exact) mass is 236 g/mol. The molecule has 1 aromatic carbocycles. The van der Waals surface area contributed by atoms with Gasteiger partial charge in [0.05, 0.1) is 17.3 Å². The van der Waals surface area contributed by atoms with Gasteiger partial charge in [0.15, 0.2) is 0 Å². The van der Waals surface area contributed by atoms with Crippen molar-refractivity contribution in [3.8, 4) is 17.3 Å². The number of benzene rings is 1. The average molecular weight is 236 g/mol. The molecular formula is C16H16N2. The van der Waals surface area contributed by atoms with Gasteiger partial charge in [-0.3, -0.25) is 4.98 Å². The summed E-state index contributed by atoms with van der Waals surface area (Å²) in [4.78, 5) is 4.30. The summed E-state index contributed by atoms with van der Waals surface area (Å²) in [5.41, 5.74) is 3.63. The van der Waals surface area contributed by atoms with E-state index in [9.17, 15) is 5.26 Å². The van der Waals surface area contributed by atoms with Gasteiger partial charge < -0.3 is 0 Å². The van der Waals surface area contributed by atoms with Gasteiger partial charge in [-0.2, -0.15) is 5.26 Å². The highest BCUT2D eigenvalue weighted by atomic mass is 14.7. The fourth-order valence-corrected chi connectivity index (χ4v) is 1.85. The van der Waals surface area contributed by atoms with Crippen LogP contribution in [0.2, 0.25) is 0 Å². The van der Waals surface area contributed by atoms with E-state index in [1.165, 1.54) is 5.56 Å². The molecule has 0 amide bonds. The van der Waals surface area contributed by atoms with Crippen molar-refractivity contribution in [1.29, 1.82) is 5.26 Å². The molecule has 2 rings (SSSR count). The number of pyridine rings is 1. The Morgan fingerprint density at radius 3 is 2.44 bits per heavy atom. The smallest absolute Gasteiger partial charge is 0.0998 e. The molecule has 2 nitrogen and oxygen atoms in total. The molecule has 0 fully saturated rings. The number of hydrogen-bond donors (Lipinski definition) is 0. The van der Waals surface area contributed by atoms with Gasteiger partial charge >= 0.3 is 0 Å². The van der Waals surface area contributed by atoms with Crippen LogP contribution in [0.1, 0.15) is 31.9 Å². The Morgan fingerprint density at radius 1 is 1.11 bits per heavy atom. The summed E-state index contributed by atoms with van der Waals surface area (Å²) in [5, 5.41) is 9.29. The normalized spacial score (nSPS) is 11.0. The first-order chi connectivity index (χ1) is 8.52. The average Bonchev–Trinajstić information content (AvgIpc) is 2.38. The van der Waals surface area contributed by atoms with Crippen LogP contribution in [0, 0.1) is 11.3 Å². The van der Waals surface area contributed by atoms with Crippen LogP contribution >= 0.6 is 0 Å². The zero-order valence-corrected chi connectivity index (χ0v) is 10.9. The van der Waals surface area contributed by atoms with Crippen molar-refractivity contribution in [3.63, 3.8) is 0 Å². The molecule has 0 radical (unpaired) electrons. The molecule has 0 atom stereocenters. The van der Waals surface area contributed by atoms with Crippen molar-refractivity contribution in [2.45, 2.75) is 26.2 Å². The van der Waals surface area contributed by atoms with E-state index in [1.807, 2.05) is 30.3 Å². The van der Waals surface area contributed by atoms with Crippen molar-refractivity contribution >= 4 is 0 Å². The van der Waals surface area contributed by atoms with Gasteiger partial charge in [0.25, 0.3) is 0 Å². The Bertz CT molecular complexity index is 587. The zero-order chi connectivity index (χ0) is 13.2. The summed E-state index contributed by atoms with van der Waals surface area (Å²) in [6.45, 7) is 6.43. The van der Waals surface area contributed by atoms with Crippen LogP contribution < -0.4 is 0 Å². The van der Waals surface area contributed by atoms with Gasteiger partial charge in [-0.15, -0.1) is 0 Å². The Balaban J connectivity index is 2.56. The second-order valence-corrected chi connectivity index (χ2v) is 5.34. The topological polar surface area (TPSA) is 36.7 Å². The van der Waals surface area contributed by atoms with Gasteiger partial charge in [-0.25, -0.2) is 0 Å². The first kappa shape index (κ1) is 12.3. The van der Waals surface area contributed by atoms with Crippen LogP contribution in [0.3, 0.4) is 0 Å². The van der Waals surface area contributed by atoms with E-state index < -0.39 is 0 Å². The quantitative estimate of drug-likeness (QED) is 0.752. The van der Waals surface area contributed by atoms with Crippen LogP contribution in [0.15, 0.2) is 42.6 Å². The third kappa shape index (κ3) is 2.41. The Labute approximate surface area is 108 Å². The number of rotatable bonds is 1. The van der Waals surface area contributed by atoms with E-state index in [-0.39, 0.29) is 5.41 Å². The Morgan fingerprint density at radius 2 is 1.89 bits per heavy atom. The minimum atomic E-state index is 0.0498. The number of nitriles is 1. The van der Waals surface area contributed by atoms with Crippen LogP contribution in [0.25, 0.3) is 11.3 Å². The predicted octanol–water partition coefficient (Wildman–Crippen LogP) is 3.92. The summed E-state index contributed by atoms with van der Waals surface area (Å²) in [6, 6.07) is 14.0. The Hall–Kier alpha value is -2.14. The van der Waals surface area contributed by atoms with Crippen LogP contribution in [-0.2, 0) is 5.41 Å². The Kier molecular flexibility index (Phi) is 3.16. The second-order valence-electron chi connectivity index (χ2n) is 5.34. The van der Waals surface area contributed by atoms with Crippen molar-refractivity contribution in [1.82, 2.24) is 4.98 Å². The van der Waals surface area contributed by atoms with Crippen molar-refractivity contribution in [2.75, 3.05) is 0 Å². The molecule has 1 heterocycles. The highest BCUT2D eigenvalue weighted by Gasteiger charge is 2.16. The summed E-state index contributed by atoms with van der Waals surface area (Å²) in [5.74, 6) is 0.